The molecule has 1 unspecified atom stereocenters. The molecule has 0 radical (unpaired) electrons. The van der Waals surface area contributed by atoms with E-state index >= 15 is 0 Å². The highest BCUT2D eigenvalue weighted by atomic mass is 79.9. The Kier molecular flexibility index (Phi) is 5.92. The van der Waals surface area contributed by atoms with Crippen LogP contribution >= 0.6 is 15.9 Å². The molecule has 0 aliphatic heterocycles. The summed E-state index contributed by atoms with van der Waals surface area (Å²) in [6, 6.07) is 2.34. The molecule has 0 aromatic carbocycles. The van der Waals surface area contributed by atoms with Crippen molar-refractivity contribution in [2.75, 3.05) is 18.5 Å². The maximum Gasteiger partial charge on any atom is 0.140 e. The summed E-state index contributed by atoms with van der Waals surface area (Å²) in [7, 11) is 0. The Labute approximate surface area is 112 Å². The first-order valence-corrected chi connectivity index (χ1v) is 6.80. The lowest BCUT2D eigenvalue weighted by Gasteiger charge is -2.23. The summed E-state index contributed by atoms with van der Waals surface area (Å²) in [6.45, 7) is 9.85. The molecular weight excluding hydrogens is 280 g/mol. The molecular formula is C13H21BrN2O. The van der Waals surface area contributed by atoms with Gasteiger partial charge in [0.2, 0.25) is 0 Å². The number of nitrogens with zero attached hydrogens (tertiary/aromatic N) is 1. The first kappa shape index (κ1) is 14.5. The lowest BCUT2D eigenvalue weighted by molar-refractivity contribution is 0.126. The molecule has 0 aliphatic rings. The van der Waals surface area contributed by atoms with E-state index in [0.29, 0.717) is 12.5 Å². The van der Waals surface area contributed by atoms with Gasteiger partial charge in [0.05, 0.1) is 17.1 Å². The van der Waals surface area contributed by atoms with Crippen LogP contribution in [0.1, 0.15) is 26.3 Å². The zero-order chi connectivity index (χ0) is 12.8. The Balaban J connectivity index is 2.71. The van der Waals surface area contributed by atoms with Crippen molar-refractivity contribution in [3.63, 3.8) is 0 Å². The van der Waals surface area contributed by atoms with Crippen LogP contribution in [0, 0.1) is 12.8 Å². The number of ether oxygens (including phenoxy) is 1. The Bertz CT molecular complexity index is 355. The van der Waals surface area contributed by atoms with Gasteiger partial charge in [-0.15, -0.1) is 0 Å². The normalized spacial score (nSPS) is 12.8. The fraction of sp³-hybridized carbons (Fsp3) is 0.615. The number of halogens is 1. The summed E-state index contributed by atoms with van der Waals surface area (Å²) < 4.78 is 6.49. The third-order valence-electron chi connectivity index (χ3n) is 2.61. The van der Waals surface area contributed by atoms with E-state index in [1.807, 2.05) is 20.0 Å². The number of aryl methyl sites for hydroxylation is 1. The van der Waals surface area contributed by atoms with Crippen LogP contribution in [0.2, 0.25) is 0 Å². The second-order valence-corrected chi connectivity index (χ2v) is 5.35. The predicted octanol–water partition coefficient (Wildman–Crippen LogP) is 3.63. The van der Waals surface area contributed by atoms with Gasteiger partial charge < -0.3 is 10.1 Å². The number of rotatable bonds is 6. The van der Waals surface area contributed by atoms with Crippen molar-refractivity contribution in [1.82, 2.24) is 4.98 Å². The van der Waals surface area contributed by atoms with Crippen LogP contribution in [-0.2, 0) is 4.74 Å². The molecule has 96 valence electrons. The molecule has 0 fully saturated rings. The van der Waals surface area contributed by atoms with Crippen molar-refractivity contribution < 1.29 is 4.74 Å². The minimum absolute atomic E-state index is 0.279. The molecule has 0 spiro atoms. The molecule has 0 aliphatic carbocycles. The average molecular weight is 301 g/mol. The Hall–Kier alpha value is -0.610. The first-order valence-electron chi connectivity index (χ1n) is 6.01. The van der Waals surface area contributed by atoms with Gasteiger partial charge in [-0.05, 0) is 47.3 Å². The van der Waals surface area contributed by atoms with Crippen LogP contribution < -0.4 is 5.32 Å². The zero-order valence-corrected chi connectivity index (χ0v) is 12.5. The largest absolute Gasteiger partial charge is 0.380 e. The molecule has 0 saturated carbocycles. The minimum atomic E-state index is 0.279. The van der Waals surface area contributed by atoms with Crippen molar-refractivity contribution in [2.24, 2.45) is 5.92 Å². The van der Waals surface area contributed by atoms with E-state index in [4.69, 9.17) is 4.74 Å². The summed E-state index contributed by atoms with van der Waals surface area (Å²) in [5.41, 5.74) is 1.15. The Morgan fingerprint density at radius 1 is 1.47 bits per heavy atom. The number of aromatic nitrogens is 1. The van der Waals surface area contributed by atoms with E-state index in [2.05, 4.69) is 46.1 Å². The van der Waals surface area contributed by atoms with Crippen LogP contribution in [0.4, 0.5) is 5.82 Å². The van der Waals surface area contributed by atoms with Gasteiger partial charge in [-0.25, -0.2) is 4.98 Å². The van der Waals surface area contributed by atoms with Gasteiger partial charge in [-0.2, -0.15) is 0 Å². The number of pyridine rings is 1. The maximum atomic E-state index is 5.49. The van der Waals surface area contributed by atoms with Crippen molar-refractivity contribution >= 4 is 21.7 Å². The molecule has 0 saturated heterocycles. The van der Waals surface area contributed by atoms with Gasteiger partial charge in [-0.1, -0.05) is 13.8 Å². The SMILES string of the molecule is CCOCC(Nc1ncc(C)cc1Br)C(C)C. The Morgan fingerprint density at radius 2 is 2.18 bits per heavy atom. The van der Waals surface area contributed by atoms with Gasteiger partial charge in [0.1, 0.15) is 5.82 Å². The van der Waals surface area contributed by atoms with Crippen LogP contribution in [0.3, 0.4) is 0 Å². The minimum Gasteiger partial charge on any atom is -0.380 e. The van der Waals surface area contributed by atoms with E-state index in [9.17, 15) is 0 Å². The topological polar surface area (TPSA) is 34.1 Å². The third-order valence-corrected chi connectivity index (χ3v) is 3.21. The second-order valence-electron chi connectivity index (χ2n) is 4.50. The van der Waals surface area contributed by atoms with Crippen LogP contribution in [0.5, 0.6) is 0 Å². The molecule has 0 amide bonds. The number of hydrogen-bond donors (Lipinski definition) is 1. The van der Waals surface area contributed by atoms with Crippen molar-refractivity contribution in [1.29, 1.82) is 0 Å². The van der Waals surface area contributed by atoms with Crippen LogP contribution in [0.25, 0.3) is 0 Å². The van der Waals surface area contributed by atoms with Crippen molar-refractivity contribution in [2.45, 2.75) is 33.7 Å². The Morgan fingerprint density at radius 3 is 2.71 bits per heavy atom. The molecule has 1 rings (SSSR count). The molecule has 1 aromatic rings. The zero-order valence-electron chi connectivity index (χ0n) is 11.0. The predicted molar refractivity (Wildman–Crippen MR) is 75.4 cm³/mol. The number of nitrogens with one attached hydrogen (secondary N) is 1. The summed E-state index contributed by atoms with van der Waals surface area (Å²) in [4.78, 5) is 4.39. The molecule has 17 heavy (non-hydrogen) atoms. The van der Waals surface area contributed by atoms with Gasteiger partial charge in [0.15, 0.2) is 0 Å². The van der Waals surface area contributed by atoms with Crippen LogP contribution in [0.15, 0.2) is 16.7 Å². The van der Waals surface area contributed by atoms with Gasteiger partial charge in [-0.3, -0.25) is 0 Å². The maximum absolute atomic E-state index is 5.49. The molecule has 3 nitrogen and oxygen atoms in total. The second kappa shape index (κ2) is 6.97. The fourth-order valence-corrected chi connectivity index (χ4v) is 2.04. The van der Waals surface area contributed by atoms with E-state index in [1.165, 1.54) is 0 Å². The highest BCUT2D eigenvalue weighted by Crippen LogP contribution is 2.22. The van der Waals surface area contributed by atoms with E-state index in [1.54, 1.807) is 0 Å². The van der Waals surface area contributed by atoms with Gasteiger partial charge in [0.25, 0.3) is 0 Å². The highest BCUT2D eigenvalue weighted by molar-refractivity contribution is 9.10. The molecule has 4 heteroatoms. The highest BCUT2D eigenvalue weighted by Gasteiger charge is 2.15. The average Bonchev–Trinajstić information content (AvgIpc) is 2.26. The van der Waals surface area contributed by atoms with Gasteiger partial charge in [0, 0.05) is 12.8 Å². The lowest BCUT2D eigenvalue weighted by Crippen LogP contribution is -2.31. The smallest absolute Gasteiger partial charge is 0.140 e. The first-order chi connectivity index (χ1) is 8.04. The van der Waals surface area contributed by atoms with Gasteiger partial charge >= 0.3 is 0 Å². The van der Waals surface area contributed by atoms with E-state index in [-0.39, 0.29) is 6.04 Å². The summed E-state index contributed by atoms with van der Waals surface area (Å²) in [5, 5.41) is 3.43. The molecule has 1 atom stereocenters. The van der Waals surface area contributed by atoms with E-state index < -0.39 is 0 Å². The van der Waals surface area contributed by atoms with Crippen molar-refractivity contribution in [3.8, 4) is 0 Å². The molecule has 1 aromatic heterocycles. The van der Waals surface area contributed by atoms with Crippen LogP contribution in [-0.4, -0.2) is 24.2 Å². The monoisotopic (exact) mass is 300 g/mol. The molecule has 0 bridgehead atoms. The summed E-state index contributed by atoms with van der Waals surface area (Å²) in [5.74, 6) is 1.38. The van der Waals surface area contributed by atoms with Crippen molar-refractivity contribution in [3.05, 3.63) is 22.3 Å². The standard InChI is InChI=1S/C13H21BrN2O/c1-5-17-8-12(9(2)3)16-13-11(14)6-10(4)7-15-13/h6-7,9,12H,5,8H2,1-4H3,(H,15,16). The molecule has 1 heterocycles. The van der Waals surface area contributed by atoms with E-state index in [0.717, 1.165) is 22.5 Å². The molecule has 1 N–H and O–H groups in total. The summed E-state index contributed by atoms with van der Waals surface area (Å²) in [6.07, 6.45) is 1.87. The lowest BCUT2D eigenvalue weighted by atomic mass is 10.1. The number of hydrogen-bond acceptors (Lipinski definition) is 3. The third kappa shape index (κ3) is 4.64. The fourth-order valence-electron chi connectivity index (χ4n) is 1.46. The quantitative estimate of drug-likeness (QED) is 0.871. The summed E-state index contributed by atoms with van der Waals surface area (Å²) >= 11 is 3.53. The number of anilines is 1.